The molecule has 0 aromatic heterocycles. The van der Waals surface area contributed by atoms with E-state index in [9.17, 15) is 23.2 Å². The second kappa shape index (κ2) is 7.35. The topological polar surface area (TPSA) is 59.7 Å². The summed E-state index contributed by atoms with van der Waals surface area (Å²) in [6.45, 7) is 0.184. The quantitative estimate of drug-likeness (QED) is 0.596. The van der Waals surface area contributed by atoms with Gasteiger partial charge in [0.1, 0.15) is 11.9 Å². The summed E-state index contributed by atoms with van der Waals surface area (Å²) in [6, 6.07) is 6.89. The van der Waals surface area contributed by atoms with Gasteiger partial charge < -0.3 is 9.80 Å². The van der Waals surface area contributed by atoms with Crippen LogP contribution in [0.3, 0.4) is 0 Å². The summed E-state index contributed by atoms with van der Waals surface area (Å²) in [6.07, 6.45) is -2.62. The van der Waals surface area contributed by atoms with Crippen molar-refractivity contribution in [1.29, 1.82) is 5.26 Å². The predicted molar refractivity (Wildman–Crippen MR) is 107 cm³/mol. The molecule has 0 spiro atoms. The lowest BCUT2D eigenvalue weighted by molar-refractivity contribution is 0.103. The molecule has 29 heavy (non-hydrogen) atoms. The number of fused-ring (bicyclic) bond motifs is 3. The van der Waals surface area contributed by atoms with Gasteiger partial charge in [0, 0.05) is 16.6 Å². The minimum absolute atomic E-state index is 0.00827. The summed E-state index contributed by atoms with van der Waals surface area (Å²) in [4.78, 5) is 20.4. The Bertz CT molecular complexity index is 1120. The first-order valence-corrected chi connectivity index (χ1v) is 9.64. The maximum Gasteiger partial charge on any atom is 0.256 e. The molecule has 0 atom stereocenters. The van der Waals surface area contributed by atoms with E-state index in [2.05, 4.69) is 20.9 Å². The Labute approximate surface area is 177 Å². The van der Waals surface area contributed by atoms with Crippen LogP contribution in [-0.4, -0.2) is 37.8 Å². The zero-order chi connectivity index (χ0) is 20.9. The van der Waals surface area contributed by atoms with Crippen LogP contribution < -0.4 is 9.80 Å². The Kier molecular flexibility index (Phi) is 5.00. The zero-order valence-electron chi connectivity index (χ0n) is 14.6. The third-order valence-corrected chi connectivity index (χ3v) is 5.64. The van der Waals surface area contributed by atoms with E-state index in [0.29, 0.717) is 30.4 Å². The molecule has 0 amide bonds. The molecule has 0 radical (unpaired) electrons. The average Bonchev–Trinajstić information content (AvgIpc) is 3.24. The standard InChI is InChI=1S/C19H11BrClF3N4O/c20-12-6-14-17(27-4-3-26-19(27)28(14)8-15(23)24)11(7-25)16(12)18(29)10-5-9(22)1-2-13(10)21/h1-2,5-6,15H,3-4,8H2. The maximum atomic E-state index is 13.7. The largest absolute Gasteiger partial charge is 0.307 e. The van der Waals surface area contributed by atoms with Gasteiger partial charge in [-0.05, 0) is 40.2 Å². The second-order valence-corrected chi connectivity index (χ2v) is 7.64. The first-order chi connectivity index (χ1) is 13.8. The highest BCUT2D eigenvalue weighted by Crippen LogP contribution is 2.46. The van der Waals surface area contributed by atoms with Crippen LogP contribution >= 0.6 is 27.5 Å². The number of hydrogen-bond donors (Lipinski definition) is 0. The van der Waals surface area contributed by atoms with Gasteiger partial charge in [-0.3, -0.25) is 9.79 Å². The SMILES string of the molecule is N#Cc1c(C(=O)c2cc(F)ccc2Cl)c(Br)cc2c1N1CCN=C1N2CC(F)F. The molecule has 2 aromatic carbocycles. The molecule has 2 heterocycles. The van der Waals surface area contributed by atoms with E-state index in [-0.39, 0.29) is 26.2 Å². The third-order valence-electron chi connectivity index (χ3n) is 4.68. The van der Waals surface area contributed by atoms with Crippen LogP contribution in [0.25, 0.3) is 0 Å². The lowest BCUT2D eigenvalue weighted by Gasteiger charge is -2.18. The first-order valence-electron chi connectivity index (χ1n) is 8.47. The molecule has 2 aromatic rings. The second-order valence-electron chi connectivity index (χ2n) is 6.38. The van der Waals surface area contributed by atoms with E-state index in [1.54, 1.807) is 4.90 Å². The number of nitrogens with zero attached hydrogens (tertiary/aromatic N) is 4. The third kappa shape index (κ3) is 3.16. The van der Waals surface area contributed by atoms with Gasteiger partial charge in [-0.25, -0.2) is 13.2 Å². The lowest BCUT2D eigenvalue weighted by Crippen LogP contribution is -2.38. The molecule has 148 valence electrons. The molecule has 0 fully saturated rings. The summed E-state index contributed by atoms with van der Waals surface area (Å²) in [5.41, 5.74) is 0.578. The van der Waals surface area contributed by atoms with E-state index in [0.717, 1.165) is 12.1 Å². The molecule has 0 unspecified atom stereocenters. The molecule has 2 aliphatic rings. The number of aliphatic imine (C=N–C) groups is 1. The predicted octanol–water partition coefficient (Wildman–Crippen LogP) is 4.61. The van der Waals surface area contributed by atoms with Gasteiger partial charge in [-0.2, -0.15) is 5.26 Å². The number of alkyl halides is 2. The summed E-state index contributed by atoms with van der Waals surface area (Å²) in [5, 5.41) is 9.89. The van der Waals surface area contributed by atoms with Crippen molar-refractivity contribution in [2.24, 2.45) is 4.99 Å². The summed E-state index contributed by atoms with van der Waals surface area (Å²) < 4.78 is 40.2. The zero-order valence-corrected chi connectivity index (χ0v) is 16.9. The van der Waals surface area contributed by atoms with Crippen LogP contribution in [0.2, 0.25) is 5.02 Å². The fourth-order valence-corrected chi connectivity index (χ4v) is 4.34. The number of rotatable bonds is 4. The van der Waals surface area contributed by atoms with Gasteiger partial charge in [0.25, 0.3) is 6.43 Å². The number of ketones is 1. The van der Waals surface area contributed by atoms with Crippen molar-refractivity contribution in [2.45, 2.75) is 6.43 Å². The molecule has 4 rings (SSSR count). The van der Waals surface area contributed by atoms with Crippen LogP contribution in [0.5, 0.6) is 0 Å². The summed E-state index contributed by atoms with van der Waals surface area (Å²) >= 11 is 9.34. The number of carbonyl (C=O) groups is 1. The number of benzene rings is 2. The molecule has 10 heteroatoms. The molecule has 0 saturated carbocycles. The van der Waals surface area contributed by atoms with Gasteiger partial charge in [-0.1, -0.05) is 11.6 Å². The van der Waals surface area contributed by atoms with E-state index >= 15 is 0 Å². The molecule has 5 nitrogen and oxygen atoms in total. The number of halogens is 5. The van der Waals surface area contributed by atoms with E-state index in [1.165, 1.54) is 17.0 Å². The Morgan fingerprint density at radius 3 is 2.83 bits per heavy atom. The molecular formula is C19H11BrClF3N4O. The van der Waals surface area contributed by atoms with Crippen molar-refractivity contribution >= 4 is 50.6 Å². The number of hydrogen-bond acceptors (Lipinski definition) is 5. The fraction of sp³-hybridized carbons (Fsp3) is 0.211. The highest BCUT2D eigenvalue weighted by Gasteiger charge is 2.40. The summed E-state index contributed by atoms with van der Waals surface area (Å²) in [5.74, 6) is -0.978. The fourth-order valence-electron chi connectivity index (χ4n) is 3.55. The van der Waals surface area contributed by atoms with Gasteiger partial charge in [0.05, 0.1) is 40.6 Å². The average molecular weight is 484 g/mol. The number of nitriles is 1. The molecular weight excluding hydrogens is 473 g/mol. The molecule has 0 bridgehead atoms. The monoisotopic (exact) mass is 482 g/mol. The summed E-state index contributed by atoms with van der Waals surface area (Å²) in [7, 11) is 0. The Hall–Kier alpha value is -2.57. The highest BCUT2D eigenvalue weighted by molar-refractivity contribution is 9.10. The van der Waals surface area contributed by atoms with Crippen LogP contribution in [-0.2, 0) is 0 Å². The van der Waals surface area contributed by atoms with Gasteiger partial charge >= 0.3 is 0 Å². The maximum absolute atomic E-state index is 13.7. The number of anilines is 2. The first kappa shape index (κ1) is 19.7. The molecule has 0 aliphatic carbocycles. The minimum Gasteiger partial charge on any atom is -0.307 e. The van der Waals surface area contributed by atoms with E-state index < -0.39 is 24.6 Å². The Morgan fingerprint density at radius 2 is 2.14 bits per heavy atom. The Morgan fingerprint density at radius 1 is 1.38 bits per heavy atom. The van der Waals surface area contributed by atoms with Crippen LogP contribution in [0.1, 0.15) is 21.5 Å². The van der Waals surface area contributed by atoms with Gasteiger partial charge in [-0.15, -0.1) is 0 Å². The van der Waals surface area contributed by atoms with E-state index in [4.69, 9.17) is 11.6 Å². The van der Waals surface area contributed by atoms with Gasteiger partial charge in [0.15, 0.2) is 5.78 Å². The smallest absolute Gasteiger partial charge is 0.256 e. The van der Waals surface area contributed by atoms with Crippen LogP contribution in [0, 0.1) is 17.1 Å². The number of carbonyl (C=O) groups excluding carboxylic acids is 1. The highest BCUT2D eigenvalue weighted by atomic mass is 79.9. The molecule has 2 aliphatic heterocycles. The van der Waals surface area contributed by atoms with Crippen molar-refractivity contribution in [1.82, 2.24) is 0 Å². The van der Waals surface area contributed by atoms with Gasteiger partial charge in [0.2, 0.25) is 5.96 Å². The van der Waals surface area contributed by atoms with Crippen molar-refractivity contribution in [3.63, 3.8) is 0 Å². The normalized spacial score (nSPS) is 14.7. The lowest BCUT2D eigenvalue weighted by atomic mass is 9.96. The number of guanidine groups is 1. The minimum atomic E-state index is -2.62. The van der Waals surface area contributed by atoms with Crippen molar-refractivity contribution in [3.8, 4) is 6.07 Å². The molecule has 0 N–H and O–H groups in total. The van der Waals surface area contributed by atoms with Crippen LogP contribution in [0.4, 0.5) is 24.5 Å². The van der Waals surface area contributed by atoms with Crippen molar-refractivity contribution in [2.75, 3.05) is 29.4 Å². The van der Waals surface area contributed by atoms with Crippen molar-refractivity contribution in [3.05, 3.63) is 56.3 Å². The van der Waals surface area contributed by atoms with Crippen molar-refractivity contribution < 1.29 is 18.0 Å². The van der Waals surface area contributed by atoms with E-state index in [1.807, 2.05) is 6.07 Å². The van der Waals surface area contributed by atoms with Crippen LogP contribution in [0.15, 0.2) is 33.7 Å². The molecule has 0 saturated heterocycles. The Balaban J connectivity index is 1.93.